The summed E-state index contributed by atoms with van der Waals surface area (Å²) in [5, 5.41) is 16.9. The van der Waals surface area contributed by atoms with Gasteiger partial charge in [-0.2, -0.15) is 0 Å². The minimum atomic E-state index is -1.12. The van der Waals surface area contributed by atoms with Crippen molar-refractivity contribution in [2.75, 3.05) is 0 Å². The third-order valence-electron chi connectivity index (χ3n) is 1.46. The van der Waals surface area contributed by atoms with E-state index in [0.29, 0.717) is 0 Å². The van der Waals surface area contributed by atoms with E-state index in [0.717, 1.165) is 5.56 Å². The lowest BCUT2D eigenvalue weighted by atomic mass is 10.1. The molecule has 0 unspecified atom stereocenters. The molecule has 4 heteroatoms. The molecule has 1 aromatic rings. The Hall–Kier alpha value is -1.55. The van der Waals surface area contributed by atoms with Crippen LogP contribution in [-0.2, 0) is 0 Å². The first-order valence-electron chi connectivity index (χ1n) is 3.30. The largest absolute Gasteiger partial charge is 0.478 e. The molecule has 0 aliphatic rings. The Bertz CT molecular complexity index is 306. The summed E-state index contributed by atoms with van der Waals surface area (Å²) in [6.45, 7) is 1.76. The van der Waals surface area contributed by atoms with E-state index in [9.17, 15) is 4.79 Å². The second kappa shape index (κ2) is 3.23. The number of aromatic carboxylic acids is 1. The van der Waals surface area contributed by atoms with Crippen molar-refractivity contribution in [2.45, 2.75) is 6.92 Å². The summed E-state index contributed by atoms with van der Waals surface area (Å²) in [6, 6.07) is 4.48. The van der Waals surface area contributed by atoms with Crippen LogP contribution in [0.1, 0.15) is 15.9 Å². The zero-order chi connectivity index (χ0) is 9.14. The second-order valence-electron chi connectivity index (χ2n) is 2.40. The van der Waals surface area contributed by atoms with E-state index >= 15 is 0 Å². The van der Waals surface area contributed by atoms with Crippen molar-refractivity contribution < 1.29 is 20.0 Å². The molecule has 0 saturated carbocycles. The van der Waals surface area contributed by atoms with Crippen molar-refractivity contribution in [1.82, 2.24) is 0 Å². The number of carbonyl (C=O) groups is 1. The molecule has 0 spiro atoms. The van der Waals surface area contributed by atoms with Crippen molar-refractivity contribution in [1.29, 1.82) is 0 Å². The third-order valence-corrected chi connectivity index (χ3v) is 1.46. The molecule has 0 bridgehead atoms. The van der Waals surface area contributed by atoms with E-state index in [4.69, 9.17) is 10.4 Å². The first-order valence-corrected chi connectivity index (χ1v) is 3.30. The average Bonchev–Trinajstić information content (AvgIpc) is 2.04. The predicted molar refractivity (Wildman–Crippen MR) is 41.4 cm³/mol. The predicted octanol–water partition coefficient (Wildman–Crippen LogP) is 1.55. The maximum Gasteiger partial charge on any atom is 0.339 e. The van der Waals surface area contributed by atoms with Crippen molar-refractivity contribution >= 4 is 5.97 Å². The molecular weight excluding hydrogens is 160 g/mol. The van der Waals surface area contributed by atoms with Crippen LogP contribution in [0.4, 0.5) is 0 Å². The van der Waals surface area contributed by atoms with Gasteiger partial charge in [0.25, 0.3) is 0 Å². The van der Waals surface area contributed by atoms with Gasteiger partial charge in [0.2, 0.25) is 0 Å². The Labute approximate surface area is 69.0 Å². The highest BCUT2D eigenvalue weighted by molar-refractivity contribution is 5.91. The zero-order valence-electron chi connectivity index (χ0n) is 6.44. The summed E-state index contributed by atoms with van der Waals surface area (Å²) in [4.78, 5) is 14.4. The molecule has 0 radical (unpaired) electrons. The molecule has 0 fully saturated rings. The summed E-state index contributed by atoms with van der Waals surface area (Å²) in [5.41, 5.74) is 0.755. The molecule has 64 valence electrons. The molecule has 0 atom stereocenters. The van der Waals surface area contributed by atoms with Gasteiger partial charge >= 0.3 is 5.97 Å². The minimum absolute atomic E-state index is 0.0440. The van der Waals surface area contributed by atoms with Crippen LogP contribution in [0.2, 0.25) is 0 Å². The van der Waals surface area contributed by atoms with Gasteiger partial charge in [0.05, 0.1) is 0 Å². The second-order valence-corrected chi connectivity index (χ2v) is 2.40. The summed E-state index contributed by atoms with van der Waals surface area (Å²) in [5.74, 6) is -1.17. The van der Waals surface area contributed by atoms with Gasteiger partial charge in [-0.25, -0.2) is 10.1 Å². The molecule has 0 heterocycles. The number of carboxylic acids is 1. The van der Waals surface area contributed by atoms with Gasteiger partial charge in [-0.3, -0.25) is 0 Å². The molecule has 12 heavy (non-hydrogen) atoms. The zero-order valence-corrected chi connectivity index (χ0v) is 6.44. The third kappa shape index (κ3) is 1.54. The number of benzene rings is 1. The maximum atomic E-state index is 10.5. The van der Waals surface area contributed by atoms with Crippen LogP contribution in [0.15, 0.2) is 18.2 Å². The lowest BCUT2D eigenvalue weighted by molar-refractivity contribution is -0.138. The first kappa shape index (κ1) is 8.55. The first-order chi connectivity index (χ1) is 5.65. The topological polar surface area (TPSA) is 66.8 Å². The monoisotopic (exact) mass is 168 g/mol. The molecule has 4 nitrogen and oxygen atoms in total. The van der Waals surface area contributed by atoms with Crippen molar-refractivity contribution in [3.05, 3.63) is 29.3 Å². The van der Waals surface area contributed by atoms with E-state index in [2.05, 4.69) is 4.89 Å². The van der Waals surface area contributed by atoms with Crippen LogP contribution in [0.5, 0.6) is 5.75 Å². The minimum Gasteiger partial charge on any atom is -0.478 e. The van der Waals surface area contributed by atoms with Crippen LogP contribution >= 0.6 is 0 Å². The SMILES string of the molecule is Cc1ccc(OO)c(C(=O)O)c1. The number of hydrogen-bond donors (Lipinski definition) is 2. The van der Waals surface area contributed by atoms with E-state index in [1.807, 2.05) is 0 Å². The fraction of sp³-hybridized carbons (Fsp3) is 0.125. The Morgan fingerprint density at radius 1 is 1.50 bits per heavy atom. The maximum absolute atomic E-state index is 10.5. The molecule has 0 amide bonds. The van der Waals surface area contributed by atoms with Crippen LogP contribution in [0.3, 0.4) is 0 Å². The van der Waals surface area contributed by atoms with Crippen LogP contribution in [0, 0.1) is 6.92 Å². The van der Waals surface area contributed by atoms with E-state index < -0.39 is 5.97 Å². The van der Waals surface area contributed by atoms with Crippen LogP contribution in [-0.4, -0.2) is 16.3 Å². The Morgan fingerprint density at radius 2 is 2.17 bits per heavy atom. The standard InChI is InChI=1S/C8H8O4/c1-5-2-3-7(12-11)6(4-5)8(9)10/h2-4,11H,1H3,(H,9,10). The van der Waals surface area contributed by atoms with Gasteiger partial charge in [-0.05, 0) is 24.6 Å². The highest BCUT2D eigenvalue weighted by Crippen LogP contribution is 2.18. The van der Waals surface area contributed by atoms with Gasteiger partial charge in [0, 0.05) is 0 Å². The normalized spacial score (nSPS) is 9.50. The molecule has 2 N–H and O–H groups in total. The summed E-state index contributed by atoms with van der Waals surface area (Å²) in [7, 11) is 0. The van der Waals surface area contributed by atoms with Crippen LogP contribution in [0.25, 0.3) is 0 Å². The smallest absolute Gasteiger partial charge is 0.339 e. The molecule has 0 aromatic heterocycles. The van der Waals surface area contributed by atoms with Crippen molar-refractivity contribution in [2.24, 2.45) is 0 Å². The number of carboxylic acid groups (broad SMARTS) is 1. The fourth-order valence-corrected chi connectivity index (χ4v) is 0.891. The van der Waals surface area contributed by atoms with Crippen LogP contribution < -0.4 is 4.89 Å². The average molecular weight is 168 g/mol. The Kier molecular flexibility index (Phi) is 2.30. The van der Waals surface area contributed by atoms with E-state index in [1.165, 1.54) is 12.1 Å². The molecule has 1 aromatic carbocycles. The molecule has 0 saturated heterocycles. The number of hydrogen-bond acceptors (Lipinski definition) is 3. The van der Waals surface area contributed by atoms with Gasteiger partial charge in [0.1, 0.15) is 5.56 Å². The van der Waals surface area contributed by atoms with Crippen molar-refractivity contribution in [3.8, 4) is 5.75 Å². The molecule has 1 rings (SSSR count). The summed E-state index contributed by atoms with van der Waals surface area (Å²) < 4.78 is 0. The quantitative estimate of drug-likeness (QED) is 0.519. The lowest BCUT2D eigenvalue weighted by Crippen LogP contribution is -2.00. The highest BCUT2D eigenvalue weighted by Gasteiger charge is 2.10. The van der Waals surface area contributed by atoms with Gasteiger partial charge in [-0.15, -0.1) is 0 Å². The summed E-state index contributed by atoms with van der Waals surface area (Å²) >= 11 is 0. The highest BCUT2D eigenvalue weighted by atomic mass is 17.1. The lowest BCUT2D eigenvalue weighted by Gasteiger charge is -2.02. The van der Waals surface area contributed by atoms with Gasteiger partial charge in [0.15, 0.2) is 5.75 Å². The van der Waals surface area contributed by atoms with E-state index in [1.54, 1.807) is 13.0 Å². The van der Waals surface area contributed by atoms with E-state index in [-0.39, 0.29) is 11.3 Å². The molecule has 0 aliphatic heterocycles. The van der Waals surface area contributed by atoms with Gasteiger partial charge < -0.3 is 9.99 Å². The van der Waals surface area contributed by atoms with Gasteiger partial charge in [-0.1, -0.05) is 6.07 Å². The number of aryl methyl sites for hydroxylation is 1. The molecule has 0 aliphatic carbocycles. The van der Waals surface area contributed by atoms with Crippen molar-refractivity contribution in [3.63, 3.8) is 0 Å². The summed E-state index contributed by atoms with van der Waals surface area (Å²) in [6.07, 6.45) is 0. The Morgan fingerprint density at radius 3 is 2.67 bits per heavy atom. The molecular formula is C8H8O4. The number of rotatable bonds is 2. The fourth-order valence-electron chi connectivity index (χ4n) is 0.891. The Balaban J connectivity index is 3.21.